The van der Waals surface area contributed by atoms with Crippen molar-refractivity contribution in [1.82, 2.24) is 20.2 Å². The highest BCUT2D eigenvalue weighted by atomic mass is 32.1. The van der Waals surface area contributed by atoms with Gasteiger partial charge < -0.3 is 30.3 Å². The number of hydrogen-bond acceptors (Lipinski definition) is 9. The number of nitrogens with one attached hydrogen (secondary N) is 3. The maximum absolute atomic E-state index is 12.4. The number of rotatable bonds is 12. The zero-order valence-corrected chi connectivity index (χ0v) is 22.8. The van der Waals surface area contributed by atoms with Gasteiger partial charge in [-0.25, -0.2) is 9.97 Å². The highest BCUT2D eigenvalue weighted by Gasteiger charge is 2.26. The molecule has 1 unspecified atom stereocenters. The highest BCUT2D eigenvalue weighted by Crippen LogP contribution is 2.41. The Bertz CT molecular complexity index is 1260. The largest absolute Gasteiger partial charge is 0.492 e. The summed E-state index contributed by atoms with van der Waals surface area (Å²) in [6.07, 6.45) is 6.14. The van der Waals surface area contributed by atoms with Crippen LogP contribution < -0.4 is 20.7 Å². The SMILES string of the molecule is C=Cc1cc(Nc2ncnc3sc4c(c23)CCC(NCC(=O)N(C)CCOC)C4)c(OCC)cc1NC. The van der Waals surface area contributed by atoms with Crippen LogP contribution >= 0.6 is 11.3 Å². The number of ether oxygens (including phenoxy) is 2. The minimum absolute atomic E-state index is 0.0739. The number of carbonyl (C=O) groups excluding carboxylic acids is 1. The van der Waals surface area contributed by atoms with E-state index in [2.05, 4.69) is 32.5 Å². The number of methoxy groups -OCH3 is 1. The molecule has 0 spiro atoms. The number of hydrogen-bond donors (Lipinski definition) is 3. The zero-order valence-electron chi connectivity index (χ0n) is 22.0. The normalized spacial score (nSPS) is 14.8. The minimum atomic E-state index is 0.0739. The summed E-state index contributed by atoms with van der Waals surface area (Å²) in [5.74, 6) is 1.60. The fourth-order valence-electron chi connectivity index (χ4n) is 4.58. The van der Waals surface area contributed by atoms with E-state index in [0.29, 0.717) is 26.3 Å². The Morgan fingerprint density at radius 2 is 2.16 bits per heavy atom. The molecule has 0 saturated heterocycles. The fourth-order valence-corrected chi connectivity index (χ4v) is 5.85. The zero-order chi connectivity index (χ0) is 26.4. The average Bonchev–Trinajstić information content (AvgIpc) is 3.29. The van der Waals surface area contributed by atoms with E-state index in [1.165, 1.54) is 10.4 Å². The number of anilines is 3. The molecule has 0 aliphatic heterocycles. The van der Waals surface area contributed by atoms with Gasteiger partial charge in [0.2, 0.25) is 5.91 Å². The van der Waals surface area contributed by atoms with Gasteiger partial charge in [0.1, 0.15) is 22.7 Å². The Morgan fingerprint density at radius 1 is 1.32 bits per heavy atom. The third-order valence-corrected chi connectivity index (χ3v) is 7.80. The van der Waals surface area contributed by atoms with E-state index in [0.717, 1.165) is 58.0 Å². The van der Waals surface area contributed by atoms with E-state index in [4.69, 9.17) is 9.47 Å². The van der Waals surface area contributed by atoms with Gasteiger partial charge in [-0.3, -0.25) is 4.79 Å². The molecule has 198 valence electrons. The molecule has 10 heteroatoms. The lowest BCUT2D eigenvalue weighted by molar-refractivity contribution is -0.129. The monoisotopic (exact) mass is 524 g/mol. The van der Waals surface area contributed by atoms with Crippen molar-refractivity contribution < 1.29 is 14.3 Å². The van der Waals surface area contributed by atoms with E-state index in [1.54, 1.807) is 29.7 Å². The van der Waals surface area contributed by atoms with Crippen molar-refractivity contribution in [2.75, 3.05) is 58.1 Å². The Morgan fingerprint density at radius 3 is 2.89 bits per heavy atom. The summed E-state index contributed by atoms with van der Waals surface area (Å²) in [5, 5.41) is 11.2. The molecule has 4 rings (SSSR count). The highest BCUT2D eigenvalue weighted by molar-refractivity contribution is 7.19. The molecule has 1 aliphatic carbocycles. The van der Waals surface area contributed by atoms with Crippen LogP contribution in [0.2, 0.25) is 0 Å². The molecule has 37 heavy (non-hydrogen) atoms. The van der Waals surface area contributed by atoms with Crippen LogP contribution in [0.5, 0.6) is 5.75 Å². The predicted molar refractivity (Wildman–Crippen MR) is 151 cm³/mol. The van der Waals surface area contributed by atoms with Gasteiger partial charge in [0.25, 0.3) is 0 Å². The number of likely N-dealkylation sites (N-methyl/N-ethyl adjacent to an activating group) is 1. The van der Waals surface area contributed by atoms with Crippen molar-refractivity contribution in [3.63, 3.8) is 0 Å². The molecule has 0 fully saturated rings. The summed E-state index contributed by atoms with van der Waals surface area (Å²) in [5.41, 5.74) is 4.05. The molecule has 1 atom stereocenters. The summed E-state index contributed by atoms with van der Waals surface area (Å²) in [6, 6.07) is 4.25. The second kappa shape index (κ2) is 12.4. The summed E-state index contributed by atoms with van der Waals surface area (Å²) in [4.78, 5) is 25.6. The molecule has 9 nitrogen and oxygen atoms in total. The van der Waals surface area contributed by atoms with Crippen molar-refractivity contribution in [3.05, 3.63) is 41.0 Å². The number of carbonyl (C=O) groups is 1. The quantitative estimate of drug-likeness (QED) is 0.326. The molecule has 3 N–H and O–H groups in total. The number of nitrogens with zero attached hydrogens (tertiary/aromatic N) is 3. The van der Waals surface area contributed by atoms with Crippen LogP contribution in [0.1, 0.15) is 29.3 Å². The average molecular weight is 525 g/mol. The summed E-state index contributed by atoms with van der Waals surface area (Å²) >= 11 is 1.71. The van der Waals surface area contributed by atoms with Crippen LogP contribution in [-0.2, 0) is 22.4 Å². The standard InChI is InChI=1S/C27H36N6O3S/c1-6-17-12-21(22(36-7-2)14-20(17)28-3)32-26-25-19-9-8-18(13-23(19)37-27(25)31-16-30-26)29-15-24(34)33(4)10-11-35-5/h6,12,14,16,18,28-29H,1,7-11,13,15H2,2-5H3,(H,30,31,32). The van der Waals surface area contributed by atoms with Gasteiger partial charge in [-0.1, -0.05) is 12.7 Å². The topological polar surface area (TPSA) is 101 Å². The Balaban J connectivity index is 1.55. The molecular weight excluding hydrogens is 488 g/mol. The number of aromatic nitrogens is 2. The lowest BCUT2D eigenvalue weighted by Crippen LogP contribution is -2.42. The van der Waals surface area contributed by atoms with Crippen molar-refractivity contribution in [1.29, 1.82) is 0 Å². The summed E-state index contributed by atoms with van der Waals surface area (Å²) in [7, 11) is 5.33. The first kappa shape index (κ1) is 26.8. The van der Waals surface area contributed by atoms with Gasteiger partial charge >= 0.3 is 0 Å². The van der Waals surface area contributed by atoms with Gasteiger partial charge in [0.15, 0.2) is 0 Å². The number of amides is 1. The third kappa shape index (κ3) is 6.03. The molecule has 3 aromatic rings. The number of fused-ring (bicyclic) bond motifs is 3. The summed E-state index contributed by atoms with van der Waals surface area (Å²) < 4.78 is 11.0. The third-order valence-electron chi connectivity index (χ3n) is 6.64. The van der Waals surface area contributed by atoms with Gasteiger partial charge in [0.05, 0.1) is 30.8 Å². The first-order chi connectivity index (χ1) is 18.0. The molecular formula is C27H36N6O3S. The van der Waals surface area contributed by atoms with Crippen molar-refractivity contribution in [3.8, 4) is 5.75 Å². The van der Waals surface area contributed by atoms with Crippen LogP contribution in [0.25, 0.3) is 16.3 Å². The van der Waals surface area contributed by atoms with Gasteiger partial charge in [0, 0.05) is 50.4 Å². The van der Waals surface area contributed by atoms with E-state index in [-0.39, 0.29) is 11.9 Å². The van der Waals surface area contributed by atoms with Crippen molar-refractivity contribution in [2.45, 2.75) is 32.2 Å². The first-order valence-electron chi connectivity index (χ1n) is 12.6. The van der Waals surface area contributed by atoms with Crippen molar-refractivity contribution >= 4 is 50.7 Å². The molecule has 1 aromatic carbocycles. The van der Waals surface area contributed by atoms with Crippen molar-refractivity contribution in [2.24, 2.45) is 0 Å². The number of thiophene rings is 1. The number of aryl methyl sites for hydroxylation is 1. The Kier molecular flexibility index (Phi) is 8.96. The van der Waals surface area contributed by atoms with Crippen LogP contribution in [0.15, 0.2) is 25.0 Å². The molecule has 0 bridgehead atoms. The van der Waals surface area contributed by atoms with Gasteiger partial charge in [-0.2, -0.15) is 0 Å². The van der Waals surface area contributed by atoms with E-state index in [9.17, 15) is 4.79 Å². The Labute approximate surface area is 222 Å². The van der Waals surface area contributed by atoms with Crippen LogP contribution in [-0.4, -0.2) is 74.3 Å². The second-order valence-corrected chi connectivity index (χ2v) is 10.1. The lowest BCUT2D eigenvalue weighted by atomic mass is 9.93. The van der Waals surface area contributed by atoms with Crippen LogP contribution in [0, 0.1) is 0 Å². The lowest BCUT2D eigenvalue weighted by Gasteiger charge is -2.25. The maximum Gasteiger partial charge on any atom is 0.236 e. The molecule has 2 aromatic heterocycles. The van der Waals surface area contributed by atoms with E-state index < -0.39 is 0 Å². The number of benzene rings is 1. The molecule has 0 radical (unpaired) electrons. The van der Waals surface area contributed by atoms with Crippen LogP contribution in [0.3, 0.4) is 0 Å². The predicted octanol–water partition coefficient (Wildman–Crippen LogP) is 4.07. The minimum Gasteiger partial charge on any atom is -0.492 e. The fraction of sp³-hybridized carbons (Fsp3) is 0.444. The molecule has 0 saturated carbocycles. The molecule has 1 amide bonds. The van der Waals surface area contributed by atoms with E-state index >= 15 is 0 Å². The van der Waals surface area contributed by atoms with E-state index in [1.807, 2.05) is 39.2 Å². The smallest absolute Gasteiger partial charge is 0.236 e. The first-order valence-corrected chi connectivity index (χ1v) is 13.4. The molecule has 2 heterocycles. The summed E-state index contributed by atoms with van der Waals surface area (Å²) in [6.45, 7) is 7.93. The molecule has 1 aliphatic rings. The Hall–Kier alpha value is -3.21. The van der Waals surface area contributed by atoms with Gasteiger partial charge in [-0.05, 0) is 43.4 Å². The van der Waals surface area contributed by atoms with Crippen LogP contribution in [0.4, 0.5) is 17.2 Å². The van der Waals surface area contributed by atoms with Gasteiger partial charge in [-0.15, -0.1) is 11.3 Å². The second-order valence-electron chi connectivity index (χ2n) is 8.98. The maximum atomic E-state index is 12.4.